The minimum absolute atomic E-state index is 0.135. The van der Waals surface area contributed by atoms with Gasteiger partial charge in [-0.3, -0.25) is 4.79 Å². The first kappa shape index (κ1) is 16.2. The molecule has 24 heavy (non-hydrogen) atoms. The Morgan fingerprint density at radius 3 is 2.62 bits per heavy atom. The number of nitrogens with zero attached hydrogens (tertiary/aromatic N) is 4. The third kappa shape index (κ3) is 3.64. The summed E-state index contributed by atoms with van der Waals surface area (Å²) in [7, 11) is 0. The van der Waals surface area contributed by atoms with E-state index in [0.29, 0.717) is 0 Å². The number of anilines is 3. The van der Waals surface area contributed by atoms with Gasteiger partial charge < -0.3 is 15.1 Å². The topological polar surface area (TPSA) is 61.4 Å². The number of rotatable bonds is 4. The number of para-hydroxylation sites is 1. The van der Waals surface area contributed by atoms with Crippen molar-refractivity contribution in [2.75, 3.05) is 36.4 Å². The maximum atomic E-state index is 11.4. The summed E-state index contributed by atoms with van der Waals surface area (Å²) in [6.07, 6.45) is 2.55. The molecule has 0 bridgehead atoms. The van der Waals surface area contributed by atoms with Gasteiger partial charge in [0.1, 0.15) is 18.0 Å². The lowest BCUT2D eigenvalue weighted by Gasteiger charge is -2.34. The van der Waals surface area contributed by atoms with Crippen LogP contribution in [0.3, 0.4) is 0 Å². The molecule has 1 amide bonds. The standard InChI is InChI=1S/C18H23N5O/c1-3-15-6-4-5-7-16(15)21-17-12-18(20-13-19-17)23-10-8-22(9-11-23)14(2)24/h4-7,12-13H,3,8-11H2,1-2H3,(H,19,20,21). The number of hydrogen-bond acceptors (Lipinski definition) is 5. The minimum Gasteiger partial charge on any atom is -0.353 e. The van der Waals surface area contributed by atoms with E-state index in [9.17, 15) is 4.79 Å². The zero-order chi connectivity index (χ0) is 16.9. The average Bonchev–Trinajstić information content (AvgIpc) is 2.62. The number of aromatic nitrogens is 2. The molecule has 126 valence electrons. The van der Waals surface area contributed by atoms with Crippen molar-refractivity contribution in [1.82, 2.24) is 14.9 Å². The van der Waals surface area contributed by atoms with Gasteiger partial charge in [-0.1, -0.05) is 25.1 Å². The fourth-order valence-corrected chi connectivity index (χ4v) is 2.93. The molecule has 0 atom stereocenters. The molecule has 0 unspecified atom stereocenters. The predicted molar refractivity (Wildman–Crippen MR) is 95.6 cm³/mol. The van der Waals surface area contributed by atoms with E-state index in [-0.39, 0.29) is 5.91 Å². The van der Waals surface area contributed by atoms with E-state index in [1.54, 1.807) is 13.3 Å². The van der Waals surface area contributed by atoms with Crippen LogP contribution in [0.15, 0.2) is 36.7 Å². The third-order valence-electron chi connectivity index (χ3n) is 4.36. The van der Waals surface area contributed by atoms with Crippen molar-refractivity contribution >= 4 is 23.2 Å². The predicted octanol–water partition coefficient (Wildman–Crippen LogP) is 2.45. The number of nitrogens with one attached hydrogen (secondary N) is 1. The van der Waals surface area contributed by atoms with Gasteiger partial charge in [0, 0.05) is 44.9 Å². The molecule has 1 aromatic carbocycles. The lowest BCUT2D eigenvalue weighted by Crippen LogP contribution is -2.48. The van der Waals surface area contributed by atoms with Crippen molar-refractivity contribution in [3.8, 4) is 0 Å². The van der Waals surface area contributed by atoms with Gasteiger partial charge in [-0.15, -0.1) is 0 Å². The quantitative estimate of drug-likeness (QED) is 0.935. The lowest BCUT2D eigenvalue weighted by atomic mass is 10.1. The number of aryl methyl sites for hydroxylation is 1. The molecule has 1 aromatic heterocycles. The Kier molecular flexibility index (Phi) is 4.93. The van der Waals surface area contributed by atoms with Crippen LogP contribution in [0.5, 0.6) is 0 Å². The highest BCUT2D eigenvalue weighted by Gasteiger charge is 2.19. The fraction of sp³-hybridized carbons (Fsp3) is 0.389. The van der Waals surface area contributed by atoms with E-state index in [4.69, 9.17) is 0 Å². The molecular weight excluding hydrogens is 302 g/mol. The number of carbonyl (C=O) groups excluding carboxylic acids is 1. The first-order valence-corrected chi connectivity index (χ1v) is 8.35. The Labute approximate surface area is 142 Å². The lowest BCUT2D eigenvalue weighted by molar-refractivity contribution is -0.129. The Balaban J connectivity index is 1.72. The largest absolute Gasteiger partial charge is 0.353 e. The number of hydrogen-bond donors (Lipinski definition) is 1. The number of piperazine rings is 1. The molecule has 0 aliphatic carbocycles. The molecule has 0 spiro atoms. The molecule has 1 saturated heterocycles. The Bertz CT molecular complexity index is 710. The third-order valence-corrected chi connectivity index (χ3v) is 4.36. The van der Waals surface area contributed by atoms with Crippen LogP contribution >= 0.6 is 0 Å². The summed E-state index contributed by atoms with van der Waals surface area (Å²) in [5.41, 5.74) is 2.33. The second-order valence-corrected chi connectivity index (χ2v) is 5.89. The van der Waals surface area contributed by atoms with Crippen LogP contribution in [0.25, 0.3) is 0 Å². The summed E-state index contributed by atoms with van der Waals surface area (Å²) < 4.78 is 0. The molecule has 0 radical (unpaired) electrons. The summed E-state index contributed by atoms with van der Waals surface area (Å²) in [5.74, 6) is 1.82. The SMILES string of the molecule is CCc1ccccc1Nc1cc(N2CCN(C(C)=O)CC2)ncn1. The monoisotopic (exact) mass is 325 g/mol. The molecule has 1 aliphatic heterocycles. The first-order valence-electron chi connectivity index (χ1n) is 8.35. The van der Waals surface area contributed by atoms with Crippen LogP contribution in [0.2, 0.25) is 0 Å². The van der Waals surface area contributed by atoms with E-state index >= 15 is 0 Å². The molecule has 1 N–H and O–H groups in total. The van der Waals surface area contributed by atoms with E-state index in [2.05, 4.69) is 39.2 Å². The summed E-state index contributed by atoms with van der Waals surface area (Å²) in [6, 6.07) is 10.2. The number of benzene rings is 1. The van der Waals surface area contributed by atoms with Gasteiger partial charge in [-0.25, -0.2) is 9.97 Å². The van der Waals surface area contributed by atoms with Crippen LogP contribution < -0.4 is 10.2 Å². The first-order chi connectivity index (χ1) is 11.7. The molecule has 1 aliphatic rings. The molecule has 1 fully saturated rings. The Hall–Kier alpha value is -2.63. The number of carbonyl (C=O) groups is 1. The van der Waals surface area contributed by atoms with Crippen LogP contribution in [0, 0.1) is 0 Å². The van der Waals surface area contributed by atoms with E-state index in [0.717, 1.165) is 49.9 Å². The van der Waals surface area contributed by atoms with Gasteiger partial charge in [-0.2, -0.15) is 0 Å². The van der Waals surface area contributed by atoms with E-state index in [1.165, 1.54) is 5.56 Å². The molecule has 6 heteroatoms. The minimum atomic E-state index is 0.135. The van der Waals surface area contributed by atoms with Gasteiger partial charge >= 0.3 is 0 Å². The maximum Gasteiger partial charge on any atom is 0.219 e. The molecular formula is C18H23N5O. The van der Waals surface area contributed by atoms with Gasteiger partial charge in [0.2, 0.25) is 5.91 Å². The fourth-order valence-electron chi connectivity index (χ4n) is 2.93. The Morgan fingerprint density at radius 1 is 1.17 bits per heavy atom. The van der Waals surface area contributed by atoms with Crippen LogP contribution in [-0.2, 0) is 11.2 Å². The second-order valence-electron chi connectivity index (χ2n) is 5.89. The summed E-state index contributed by atoms with van der Waals surface area (Å²) in [6.45, 7) is 6.82. The van der Waals surface area contributed by atoms with Crippen molar-refractivity contribution in [2.45, 2.75) is 20.3 Å². The van der Waals surface area contributed by atoms with Gasteiger partial charge in [0.15, 0.2) is 0 Å². The average molecular weight is 325 g/mol. The number of amides is 1. The van der Waals surface area contributed by atoms with Crippen molar-refractivity contribution in [1.29, 1.82) is 0 Å². The van der Waals surface area contributed by atoms with Gasteiger partial charge in [0.05, 0.1) is 0 Å². The summed E-state index contributed by atoms with van der Waals surface area (Å²) in [4.78, 5) is 24.2. The molecule has 0 saturated carbocycles. The van der Waals surface area contributed by atoms with Crippen molar-refractivity contribution < 1.29 is 4.79 Å². The normalized spacial score (nSPS) is 14.6. The highest BCUT2D eigenvalue weighted by atomic mass is 16.2. The van der Waals surface area contributed by atoms with Crippen LogP contribution in [0.1, 0.15) is 19.4 Å². The smallest absolute Gasteiger partial charge is 0.219 e. The van der Waals surface area contributed by atoms with Crippen molar-refractivity contribution in [3.63, 3.8) is 0 Å². The molecule has 2 heterocycles. The zero-order valence-electron chi connectivity index (χ0n) is 14.2. The molecule has 6 nitrogen and oxygen atoms in total. The molecule has 3 rings (SSSR count). The maximum absolute atomic E-state index is 11.4. The summed E-state index contributed by atoms with van der Waals surface area (Å²) in [5, 5.41) is 3.39. The van der Waals surface area contributed by atoms with Gasteiger partial charge in [0.25, 0.3) is 0 Å². The van der Waals surface area contributed by atoms with Crippen LogP contribution in [0.4, 0.5) is 17.3 Å². The van der Waals surface area contributed by atoms with E-state index in [1.807, 2.05) is 23.1 Å². The zero-order valence-corrected chi connectivity index (χ0v) is 14.2. The van der Waals surface area contributed by atoms with Crippen molar-refractivity contribution in [2.24, 2.45) is 0 Å². The highest BCUT2D eigenvalue weighted by molar-refractivity contribution is 5.73. The highest BCUT2D eigenvalue weighted by Crippen LogP contribution is 2.22. The van der Waals surface area contributed by atoms with Gasteiger partial charge in [-0.05, 0) is 18.1 Å². The summed E-state index contributed by atoms with van der Waals surface area (Å²) >= 11 is 0. The Morgan fingerprint density at radius 2 is 1.92 bits per heavy atom. The second kappa shape index (κ2) is 7.29. The van der Waals surface area contributed by atoms with E-state index < -0.39 is 0 Å². The molecule has 2 aromatic rings. The van der Waals surface area contributed by atoms with Crippen molar-refractivity contribution in [3.05, 3.63) is 42.2 Å². The van der Waals surface area contributed by atoms with Crippen LogP contribution in [-0.4, -0.2) is 47.0 Å².